The summed E-state index contributed by atoms with van der Waals surface area (Å²) >= 11 is 0. The van der Waals surface area contributed by atoms with Gasteiger partial charge in [-0.3, -0.25) is 0 Å². The van der Waals surface area contributed by atoms with Crippen LogP contribution < -0.4 is 0 Å². The molecule has 0 saturated heterocycles. The van der Waals surface area contributed by atoms with Crippen molar-refractivity contribution >= 4 is 9.28 Å². The summed E-state index contributed by atoms with van der Waals surface area (Å²) in [6, 6.07) is 1.07. The van der Waals surface area contributed by atoms with E-state index in [0.717, 1.165) is 19.1 Å². The summed E-state index contributed by atoms with van der Waals surface area (Å²) in [5, 5.41) is 0. The summed E-state index contributed by atoms with van der Waals surface area (Å²) in [6.07, 6.45) is 2.36. The lowest BCUT2D eigenvalue weighted by atomic mass is 10.4. The second-order valence-electron chi connectivity index (χ2n) is 2.30. The van der Waals surface area contributed by atoms with Crippen LogP contribution in [0.25, 0.3) is 0 Å². The Kier molecular flexibility index (Phi) is 7.35. The Hall–Kier alpha value is 0.137. The van der Waals surface area contributed by atoms with Crippen molar-refractivity contribution in [3.05, 3.63) is 0 Å². The molecule has 1 unspecified atom stereocenters. The number of hydrogen-bond donors (Lipinski definition) is 0. The van der Waals surface area contributed by atoms with Crippen molar-refractivity contribution < 1.29 is 8.85 Å². The summed E-state index contributed by atoms with van der Waals surface area (Å²) < 4.78 is 10.7. The highest BCUT2D eigenvalue weighted by molar-refractivity contribution is 6.44. The van der Waals surface area contributed by atoms with Crippen LogP contribution >= 0.6 is 0 Å². The van der Waals surface area contributed by atoms with Crippen LogP contribution in [0, 0.1) is 0 Å². The van der Waals surface area contributed by atoms with Crippen LogP contribution in [0.5, 0.6) is 0 Å². The summed E-state index contributed by atoms with van der Waals surface area (Å²) in [5.41, 5.74) is 0. The van der Waals surface area contributed by atoms with Crippen LogP contribution in [-0.4, -0.2) is 23.0 Å². The lowest BCUT2D eigenvalue weighted by Crippen LogP contribution is -2.20. The second-order valence-corrected chi connectivity index (χ2v) is 4.78. The van der Waals surface area contributed by atoms with Gasteiger partial charge in [0.05, 0.1) is 0 Å². The van der Waals surface area contributed by atoms with E-state index in [1.807, 2.05) is 0 Å². The Morgan fingerprint density at radius 3 is 2.40 bits per heavy atom. The van der Waals surface area contributed by atoms with Crippen LogP contribution in [-0.2, 0) is 8.85 Å². The van der Waals surface area contributed by atoms with Gasteiger partial charge >= 0.3 is 9.28 Å². The highest BCUT2D eigenvalue weighted by Gasteiger charge is 2.05. The van der Waals surface area contributed by atoms with E-state index in [9.17, 15) is 0 Å². The zero-order valence-corrected chi connectivity index (χ0v) is 8.38. The third kappa shape index (κ3) is 4.96. The fourth-order valence-electron chi connectivity index (χ4n) is 0.712. The van der Waals surface area contributed by atoms with E-state index in [0.29, 0.717) is 0 Å². The average Bonchev–Trinajstić information content (AvgIpc) is 1.99. The zero-order valence-electron chi connectivity index (χ0n) is 7.22. The first-order valence-electron chi connectivity index (χ1n) is 3.99. The molecule has 0 aromatic carbocycles. The molecule has 0 aromatic rings. The van der Waals surface area contributed by atoms with Crippen molar-refractivity contribution in [2.45, 2.75) is 32.7 Å². The quantitative estimate of drug-likeness (QED) is 0.437. The Morgan fingerprint density at radius 2 is 2.00 bits per heavy atom. The lowest BCUT2D eigenvalue weighted by Gasteiger charge is -2.10. The maximum Gasteiger partial charge on any atom is 0.320 e. The fraction of sp³-hybridized carbons (Fsp3) is 1.00. The fourth-order valence-corrected chi connectivity index (χ4v) is 1.85. The van der Waals surface area contributed by atoms with Crippen molar-refractivity contribution in [3.63, 3.8) is 0 Å². The molecule has 0 bridgehead atoms. The van der Waals surface area contributed by atoms with Crippen LogP contribution in [0.2, 0.25) is 6.04 Å². The standard InChI is InChI=1S/C7H18O2Si/c1-4-6-7-9-10(5-2)8-3/h10H,4-7H2,1-3H3. The van der Waals surface area contributed by atoms with E-state index in [4.69, 9.17) is 8.85 Å². The second kappa shape index (κ2) is 7.25. The largest absolute Gasteiger partial charge is 0.400 e. The molecule has 0 aliphatic heterocycles. The van der Waals surface area contributed by atoms with Crippen LogP contribution in [0.4, 0.5) is 0 Å². The smallest absolute Gasteiger partial charge is 0.320 e. The Labute approximate surface area is 65.4 Å². The number of unbranched alkanes of at least 4 members (excludes halogenated alkanes) is 1. The molecule has 0 amide bonds. The third-order valence-corrected chi connectivity index (χ3v) is 3.20. The van der Waals surface area contributed by atoms with Crippen molar-refractivity contribution in [2.75, 3.05) is 13.7 Å². The van der Waals surface area contributed by atoms with Crippen molar-refractivity contribution in [1.29, 1.82) is 0 Å². The predicted octanol–water partition coefficient (Wildman–Crippen LogP) is 1.69. The first kappa shape index (κ1) is 10.1. The van der Waals surface area contributed by atoms with E-state index in [1.54, 1.807) is 7.11 Å². The molecule has 62 valence electrons. The molecule has 0 aliphatic carbocycles. The van der Waals surface area contributed by atoms with Crippen LogP contribution in [0.3, 0.4) is 0 Å². The SMILES string of the molecule is CCCCO[SiH](CC)OC. The van der Waals surface area contributed by atoms with Gasteiger partial charge in [-0.1, -0.05) is 20.3 Å². The lowest BCUT2D eigenvalue weighted by molar-refractivity contribution is 0.226. The molecule has 1 atom stereocenters. The van der Waals surface area contributed by atoms with Crippen LogP contribution in [0.1, 0.15) is 26.7 Å². The molecule has 0 rings (SSSR count). The molecule has 0 radical (unpaired) electrons. The highest BCUT2D eigenvalue weighted by Crippen LogP contribution is 1.96. The first-order chi connectivity index (χ1) is 4.85. The van der Waals surface area contributed by atoms with Crippen molar-refractivity contribution in [3.8, 4) is 0 Å². The van der Waals surface area contributed by atoms with Gasteiger partial charge < -0.3 is 8.85 Å². The van der Waals surface area contributed by atoms with E-state index < -0.39 is 9.28 Å². The van der Waals surface area contributed by atoms with Gasteiger partial charge in [0.25, 0.3) is 0 Å². The Balaban J connectivity index is 3.09. The molecule has 0 saturated carbocycles. The van der Waals surface area contributed by atoms with Crippen LogP contribution in [0.15, 0.2) is 0 Å². The average molecular weight is 162 g/mol. The number of rotatable bonds is 6. The van der Waals surface area contributed by atoms with Gasteiger partial charge in [-0.05, 0) is 12.5 Å². The molecule has 0 fully saturated rings. The minimum atomic E-state index is -1.22. The molecule has 0 N–H and O–H groups in total. The van der Waals surface area contributed by atoms with E-state index in [-0.39, 0.29) is 0 Å². The number of hydrogen-bond acceptors (Lipinski definition) is 2. The molecule has 0 aliphatic rings. The molecule has 10 heavy (non-hydrogen) atoms. The van der Waals surface area contributed by atoms with Gasteiger partial charge in [0.1, 0.15) is 0 Å². The summed E-state index contributed by atoms with van der Waals surface area (Å²) in [7, 11) is 0.519. The molecule has 3 heteroatoms. The van der Waals surface area contributed by atoms with E-state index in [2.05, 4.69) is 13.8 Å². The monoisotopic (exact) mass is 162 g/mol. The summed E-state index contributed by atoms with van der Waals surface area (Å²) in [5.74, 6) is 0. The highest BCUT2D eigenvalue weighted by atomic mass is 28.3. The summed E-state index contributed by atoms with van der Waals surface area (Å²) in [6.45, 7) is 5.17. The van der Waals surface area contributed by atoms with Gasteiger partial charge in [-0.2, -0.15) is 0 Å². The van der Waals surface area contributed by atoms with E-state index in [1.165, 1.54) is 6.42 Å². The topological polar surface area (TPSA) is 18.5 Å². The molecule has 0 heterocycles. The molecule has 2 nitrogen and oxygen atoms in total. The zero-order chi connectivity index (χ0) is 7.82. The minimum Gasteiger partial charge on any atom is -0.400 e. The van der Waals surface area contributed by atoms with Gasteiger partial charge in [0.2, 0.25) is 0 Å². The van der Waals surface area contributed by atoms with Gasteiger partial charge in [-0.25, -0.2) is 0 Å². The van der Waals surface area contributed by atoms with Gasteiger partial charge in [0, 0.05) is 13.7 Å². The third-order valence-electron chi connectivity index (χ3n) is 1.40. The maximum atomic E-state index is 5.50. The summed E-state index contributed by atoms with van der Waals surface area (Å²) in [4.78, 5) is 0. The maximum absolute atomic E-state index is 5.50. The van der Waals surface area contributed by atoms with Crippen molar-refractivity contribution in [1.82, 2.24) is 0 Å². The predicted molar refractivity (Wildman–Crippen MR) is 45.5 cm³/mol. The minimum absolute atomic E-state index is 0.884. The Bertz CT molecular complexity index is 64.6. The first-order valence-corrected chi connectivity index (χ1v) is 5.75. The van der Waals surface area contributed by atoms with Gasteiger partial charge in [-0.15, -0.1) is 0 Å². The molecular formula is C7H18O2Si. The van der Waals surface area contributed by atoms with Gasteiger partial charge in [0.15, 0.2) is 0 Å². The normalized spacial score (nSPS) is 13.5. The molecule has 0 aromatic heterocycles. The Morgan fingerprint density at radius 1 is 1.30 bits per heavy atom. The molecular weight excluding hydrogens is 144 g/mol. The molecule has 0 spiro atoms. The van der Waals surface area contributed by atoms with E-state index >= 15 is 0 Å². The van der Waals surface area contributed by atoms with Crippen molar-refractivity contribution in [2.24, 2.45) is 0 Å².